The summed E-state index contributed by atoms with van der Waals surface area (Å²) >= 11 is 0. The van der Waals surface area contributed by atoms with Crippen LogP contribution in [0.2, 0.25) is 0 Å². The number of halogens is 2. The van der Waals surface area contributed by atoms with Gasteiger partial charge in [-0.05, 0) is 6.07 Å². The smallest absolute Gasteiger partial charge is 0.310 e. The summed E-state index contributed by atoms with van der Waals surface area (Å²) in [5.41, 5.74) is 3.37. The van der Waals surface area contributed by atoms with Crippen LogP contribution in [0.4, 0.5) is 14.5 Å². The molecule has 88 valence electrons. The van der Waals surface area contributed by atoms with Crippen molar-refractivity contribution in [3.63, 3.8) is 0 Å². The van der Waals surface area contributed by atoms with Crippen molar-refractivity contribution in [1.82, 2.24) is 4.98 Å². The monoisotopic (exact) mass is 241 g/mol. The molecule has 0 aliphatic heterocycles. The Morgan fingerprint density at radius 1 is 1.41 bits per heavy atom. The third kappa shape index (κ3) is 1.59. The number of nitrogens with two attached hydrogens (primary N) is 1. The first-order valence-electron chi connectivity index (χ1n) is 4.36. The molecule has 2 aromatic rings. The lowest BCUT2D eigenvalue weighted by Crippen LogP contribution is -2.13. The molecule has 0 bridgehead atoms. The molecule has 8 heteroatoms. The normalized spacial score (nSPS) is 10.7. The summed E-state index contributed by atoms with van der Waals surface area (Å²) in [6.45, 7) is 0. The largest absolute Gasteiger partial charge is 0.364 e. The molecule has 1 amide bonds. The van der Waals surface area contributed by atoms with Crippen molar-refractivity contribution in [2.45, 2.75) is 0 Å². The maximum atomic E-state index is 13.4. The second-order valence-electron chi connectivity index (χ2n) is 3.28. The van der Waals surface area contributed by atoms with Gasteiger partial charge in [-0.25, -0.2) is 8.78 Å². The first-order chi connectivity index (χ1) is 7.91. The van der Waals surface area contributed by atoms with Gasteiger partial charge in [0.1, 0.15) is 17.0 Å². The van der Waals surface area contributed by atoms with Crippen LogP contribution in [-0.4, -0.2) is 15.8 Å². The van der Waals surface area contributed by atoms with E-state index in [4.69, 9.17) is 5.73 Å². The van der Waals surface area contributed by atoms with E-state index in [1.807, 2.05) is 0 Å². The number of nitro groups is 1. The number of hydrogen-bond acceptors (Lipinski definition) is 3. The first-order valence-corrected chi connectivity index (χ1v) is 4.36. The van der Waals surface area contributed by atoms with Crippen molar-refractivity contribution in [3.05, 3.63) is 39.6 Å². The van der Waals surface area contributed by atoms with Gasteiger partial charge in [-0.1, -0.05) is 0 Å². The molecule has 17 heavy (non-hydrogen) atoms. The summed E-state index contributed by atoms with van der Waals surface area (Å²) in [5.74, 6) is -3.16. The van der Waals surface area contributed by atoms with Gasteiger partial charge in [-0.2, -0.15) is 0 Å². The highest BCUT2D eigenvalue weighted by Gasteiger charge is 2.28. The van der Waals surface area contributed by atoms with E-state index in [0.717, 1.165) is 6.07 Å². The number of aromatic nitrogens is 1. The Hall–Kier alpha value is -2.51. The molecule has 0 unspecified atom stereocenters. The number of carbonyl (C=O) groups is 1. The second kappa shape index (κ2) is 3.51. The molecule has 2 rings (SSSR count). The number of carbonyl (C=O) groups excluding carboxylic acids is 1. The molecule has 1 aromatic heterocycles. The van der Waals surface area contributed by atoms with E-state index in [9.17, 15) is 23.7 Å². The Balaban J connectivity index is 2.95. The fraction of sp³-hybridized carbons (Fsp3) is 0. The molecule has 1 aromatic carbocycles. The van der Waals surface area contributed by atoms with Crippen LogP contribution >= 0.6 is 0 Å². The average Bonchev–Trinajstić information content (AvgIpc) is 2.56. The molecule has 0 saturated heterocycles. The number of rotatable bonds is 2. The summed E-state index contributed by atoms with van der Waals surface area (Å²) < 4.78 is 26.3. The highest BCUT2D eigenvalue weighted by atomic mass is 19.1. The van der Waals surface area contributed by atoms with E-state index in [1.54, 1.807) is 0 Å². The highest BCUT2D eigenvalue weighted by Crippen LogP contribution is 2.32. The molecule has 0 aliphatic carbocycles. The number of nitrogens with one attached hydrogen (secondary N) is 1. The van der Waals surface area contributed by atoms with E-state index >= 15 is 0 Å². The molecule has 0 radical (unpaired) electrons. The highest BCUT2D eigenvalue weighted by molar-refractivity contribution is 6.05. The van der Waals surface area contributed by atoms with Crippen LogP contribution in [0.1, 0.15) is 10.5 Å². The summed E-state index contributed by atoms with van der Waals surface area (Å²) in [6.07, 6.45) is 0. The van der Waals surface area contributed by atoms with E-state index < -0.39 is 39.2 Å². The Kier molecular flexibility index (Phi) is 2.27. The number of primary amides is 1. The van der Waals surface area contributed by atoms with E-state index in [2.05, 4.69) is 4.98 Å². The lowest BCUT2D eigenvalue weighted by atomic mass is 10.2. The summed E-state index contributed by atoms with van der Waals surface area (Å²) in [7, 11) is 0. The van der Waals surface area contributed by atoms with Gasteiger partial charge in [-0.3, -0.25) is 14.9 Å². The Morgan fingerprint density at radius 2 is 2.06 bits per heavy atom. The maximum absolute atomic E-state index is 13.4. The van der Waals surface area contributed by atoms with Crippen LogP contribution in [0.15, 0.2) is 12.1 Å². The number of aromatic amines is 1. The molecule has 3 N–H and O–H groups in total. The Labute approximate surface area is 92.2 Å². The number of benzene rings is 1. The van der Waals surface area contributed by atoms with Gasteiger partial charge in [0.25, 0.3) is 5.91 Å². The standard InChI is InChI=1S/C9H5F2N3O3/c10-3-1-4(11)6-5(2-3)13-7(9(12)15)8(6)14(16)17/h1-2,13H,(H2,12,15). The van der Waals surface area contributed by atoms with E-state index in [0.29, 0.717) is 6.07 Å². The van der Waals surface area contributed by atoms with Gasteiger partial charge in [0.05, 0.1) is 10.4 Å². The zero-order chi connectivity index (χ0) is 12.7. The summed E-state index contributed by atoms with van der Waals surface area (Å²) in [6, 6.07) is 1.34. The Bertz CT molecular complexity index is 650. The quantitative estimate of drug-likeness (QED) is 0.614. The van der Waals surface area contributed by atoms with Crippen LogP contribution in [0.3, 0.4) is 0 Å². The molecule has 6 nitrogen and oxygen atoms in total. The van der Waals surface area contributed by atoms with Crippen LogP contribution in [0, 0.1) is 21.7 Å². The zero-order valence-corrected chi connectivity index (χ0v) is 8.16. The first kappa shape index (κ1) is 11.0. The predicted molar refractivity (Wildman–Crippen MR) is 53.4 cm³/mol. The van der Waals surface area contributed by atoms with Crippen LogP contribution in [0.25, 0.3) is 10.9 Å². The Morgan fingerprint density at radius 3 is 2.59 bits per heavy atom. The van der Waals surface area contributed by atoms with Crippen molar-refractivity contribution in [3.8, 4) is 0 Å². The van der Waals surface area contributed by atoms with Gasteiger partial charge in [0.15, 0.2) is 5.69 Å². The minimum absolute atomic E-state index is 0.192. The van der Waals surface area contributed by atoms with Crippen LogP contribution in [-0.2, 0) is 0 Å². The third-order valence-corrected chi connectivity index (χ3v) is 2.22. The maximum Gasteiger partial charge on any atom is 0.310 e. The molecular weight excluding hydrogens is 236 g/mol. The van der Waals surface area contributed by atoms with Gasteiger partial charge in [0, 0.05) is 6.07 Å². The van der Waals surface area contributed by atoms with E-state index in [-0.39, 0.29) is 5.52 Å². The summed E-state index contributed by atoms with van der Waals surface area (Å²) in [4.78, 5) is 23.0. The minimum atomic E-state index is -1.13. The summed E-state index contributed by atoms with van der Waals surface area (Å²) in [5, 5.41) is 10.3. The minimum Gasteiger partial charge on any atom is -0.364 e. The number of fused-ring (bicyclic) bond motifs is 1. The number of nitrogens with zero attached hydrogens (tertiary/aromatic N) is 1. The fourth-order valence-electron chi connectivity index (χ4n) is 1.59. The molecule has 0 fully saturated rings. The molecular formula is C9H5F2N3O3. The molecule has 0 spiro atoms. The number of hydrogen-bond donors (Lipinski definition) is 2. The van der Waals surface area contributed by atoms with Gasteiger partial charge >= 0.3 is 5.69 Å². The lowest BCUT2D eigenvalue weighted by Gasteiger charge is -1.93. The van der Waals surface area contributed by atoms with Crippen molar-refractivity contribution in [2.24, 2.45) is 5.73 Å². The van der Waals surface area contributed by atoms with Crippen LogP contribution in [0.5, 0.6) is 0 Å². The lowest BCUT2D eigenvalue weighted by molar-refractivity contribution is -0.383. The van der Waals surface area contributed by atoms with Crippen molar-refractivity contribution in [2.75, 3.05) is 0 Å². The SMILES string of the molecule is NC(=O)c1[nH]c2cc(F)cc(F)c2c1[N+](=O)[O-]. The van der Waals surface area contributed by atoms with E-state index in [1.165, 1.54) is 0 Å². The molecule has 1 heterocycles. The topological polar surface area (TPSA) is 102 Å². The van der Waals surface area contributed by atoms with Crippen molar-refractivity contribution < 1.29 is 18.5 Å². The third-order valence-electron chi connectivity index (χ3n) is 2.22. The van der Waals surface area contributed by atoms with Gasteiger partial charge in [0.2, 0.25) is 0 Å². The predicted octanol–water partition coefficient (Wildman–Crippen LogP) is 1.45. The van der Waals surface area contributed by atoms with Gasteiger partial charge < -0.3 is 10.7 Å². The second-order valence-corrected chi connectivity index (χ2v) is 3.28. The molecule has 0 atom stereocenters. The zero-order valence-electron chi connectivity index (χ0n) is 8.16. The average molecular weight is 241 g/mol. The fourth-order valence-corrected chi connectivity index (χ4v) is 1.59. The van der Waals surface area contributed by atoms with Gasteiger partial charge in [-0.15, -0.1) is 0 Å². The van der Waals surface area contributed by atoms with Crippen molar-refractivity contribution in [1.29, 1.82) is 0 Å². The number of amides is 1. The molecule has 0 aliphatic rings. The van der Waals surface area contributed by atoms with Crippen molar-refractivity contribution >= 4 is 22.5 Å². The molecule has 0 saturated carbocycles. The number of H-pyrrole nitrogens is 1. The van der Waals surface area contributed by atoms with Crippen LogP contribution < -0.4 is 5.73 Å².